The molecular formula is C18H21N3O. The molecule has 4 heteroatoms. The number of carbonyl (C=O) groups excluding carboxylic acids is 1. The van der Waals surface area contributed by atoms with Crippen LogP contribution in [0.25, 0.3) is 10.8 Å². The van der Waals surface area contributed by atoms with E-state index < -0.39 is 0 Å². The lowest BCUT2D eigenvalue weighted by Gasteiger charge is -2.41. The normalized spacial score (nSPS) is 23.0. The van der Waals surface area contributed by atoms with Gasteiger partial charge in [0.2, 0.25) is 5.91 Å². The van der Waals surface area contributed by atoms with Crippen LogP contribution < -0.4 is 5.73 Å². The summed E-state index contributed by atoms with van der Waals surface area (Å²) < 4.78 is 0. The fourth-order valence-electron chi connectivity index (χ4n) is 3.94. The standard InChI is InChI=1S/C18H21N3O/c19-16-11-21(12-18(16)6-3-7-18)17(22)8-14-10-20-9-13-4-1-2-5-15(13)14/h1-2,4-5,9-10,16H,3,6-8,11-12,19H2. The average Bonchev–Trinajstić information content (AvgIpc) is 2.86. The van der Waals surface area contributed by atoms with E-state index in [1.54, 1.807) is 0 Å². The molecule has 1 amide bonds. The summed E-state index contributed by atoms with van der Waals surface area (Å²) in [5.41, 5.74) is 7.50. The van der Waals surface area contributed by atoms with Crippen LogP contribution in [0.5, 0.6) is 0 Å². The summed E-state index contributed by atoms with van der Waals surface area (Å²) in [4.78, 5) is 18.9. The maximum atomic E-state index is 12.7. The second-order valence-electron chi connectivity index (χ2n) is 6.79. The number of aromatic nitrogens is 1. The highest BCUT2D eigenvalue weighted by Gasteiger charge is 2.49. The van der Waals surface area contributed by atoms with Crippen LogP contribution in [0.4, 0.5) is 0 Å². The van der Waals surface area contributed by atoms with E-state index in [0.717, 1.165) is 22.9 Å². The summed E-state index contributed by atoms with van der Waals surface area (Å²) >= 11 is 0. The van der Waals surface area contributed by atoms with Crippen LogP contribution in [0.2, 0.25) is 0 Å². The minimum atomic E-state index is 0.149. The van der Waals surface area contributed by atoms with E-state index in [1.807, 2.05) is 35.5 Å². The summed E-state index contributed by atoms with van der Waals surface area (Å²) in [5.74, 6) is 0.178. The molecule has 4 nitrogen and oxygen atoms in total. The van der Waals surface area contributed by atoms with Crippen LogP contribution in [-0.2, 0) is 11.2 Å². The van der Waals surface area contributed by atoms with Gasteiger partial charge >= 0.3 is 0 Å². The molecule has 2 heterocycles. The second kappa shape index (κ2) is 5.06. The number of nitrogens with two attached hydrogens (primary N) is 1. The van der Waals surface area contributed by atoms with Crippen LogP contribution in [0, 0.1) is 5.41 Å². The molecule has 0 bridgehead atoms. The molecule has 1 aromatic heterocycles. The van der Waals surface area contributed by atoms with Gasteiger partial charge in [0.1, 0.15) is 0 Å². The van der Waals surface area contributed by atoms with Crippen molar-refractivity contribution in [1.29, 1.82) is 0 Å². The fourth-order valence-corrected chi connectivity index (χ4v) is 3.94. The molecule has 2 aliphatic rings. The van der Waals surface area contributed by atoms with Gasteiger partial charge in [0.25, 0.3) is 0 Å². The maximum absolute atomic E-state index is 12.7. The first-order chi connectivity index (χ1) is 10.7. The molecule has 2 fully saturated rings. The number of pyridine rings is 1. The SMILES string of the molecule is NC1CN(C(=O)Cc2cncc3ccccc23)CC12CCC2. The Labute approximate surface area is 130 Å². The van der Waals surface area contributed by atoms with E-state index >= 15 is 0 Å². The molecule has 1 aliphatic heterocycles. The predicted molar refractivity (Wildman–Crippen MR) is 86.3 cm³/mol. The largest absolute Gasteiger partial charge is 0.340 e. The van der Waals surface area contributed by atoms with E-state index in [0.29, 0.717) is 13.0 Å². The zero-order chi connectivity index (χ0) is 15.2. The molecule has 2 aromatic rings. The van der Waals surface area contributed by atoms with E-state index in [9.17, 15) is 4.79 Å². The lowest BCUT2D eigenvalue weighted by atomic mass is 9.66. The Bertz CT molecular complexity index is 718. The first kappa shape index (κ1) is 13.7. The van der Waals surface area contributed by atoms with Crippen LogP contribution in [0.15, 0.2) is 36.7 Å². The van der Waals surface area contributed by atoms with Crippen molar-refractivity contribution in [2.45, 2.75) is 31.7 Å². The molecule has 1 unspecified atom stereocenters. The predicted octanol–water partition coefficient (Wildman–Crippen LogP) is 2.12. The summed E-state index contributed by atoms with van der Waals surface area (Å²) in [6.45, 7) is 1.54. The molecule has 1 aromatic carbocycles. The van der Waals surface area contributed by atoms with Gasteiger partial charge in [-0.25, -0.2) is 0 Å². The monoisotopic (exact) mass is 295 g/mol. The zero-order valence-corrected chi connectivity index (χ0v) is 12.7. The van der Waals surface area contributed by atoms with Crippen LogP contribution in [-0.4, -0.2) is 34.9 Å². The van der Waals surface area contributed by atoms with Gasteiger partial charge in [-0.2, -0.15) is 0 Å². The van der Waals surface area contributed by atoms with Crippen molar-refractivity contribution in [2.75, 3.05) is 13.1 Å². The van der Waals surface area contributed by atoms with Crippen molar-refractivity contribution in [3.8, 4) is 0 Å². The van der Waals surface area contributed by atoms with Gasteiger partial charge in [-0.3, -0.25) is 9.78 Å². The smallest absolute Gasteiger partial charge is 0.227 e. The third-order valence-electron chi connectivity index (χ3n) is 5.50. The molecule has 1 atom stereocenters. The van der Waals surface area contributed by atoms with Crippen molar-refractivity contribution < 1.29 is 4.79 Å². The maximum Gasteiger partial charge on any atom is 0.227 e. The number of hydrogen-bond donors (Lipinski definition) is 1. The average molecular weight is 295 g/mol. The Morgan fingerprint density at radius 2 is 2.14 bits per heavy atom. The van der Waals surface area contributed by atoms with E-state index in [4.69, 9.17) is 5.73 Å². The topological polar surface area (TPSA) is 59.2 Å². The molecular weight excluding hydrogens is 274 g/mol. The number of carbonyl (C=O) groups is 1. The molecule has 2 N–H and O–H groups in total. The number of likely N-dealkylation sites (tertiary alicyclic amines) is 1. The van der Waals surface area contributed by atoms with Gasteiger partial charge in [0.05, 0.1) is 6.42 Å². The zero-order valence-electron chi connectivity index (χ0n) is 12.7. The Hall–Kier alpha value is -1.94. The van der Waals surface area contributed by atoms with Gasteiger partial charge in [-0.15, -0.1) is 0 Å². The van der Waals surface area contributed by atoms with Gasteiger partial charge < -0.3 is 10.6 Å². The lowest BCUT2D eigenvalue weighted by Crippen LogP contribution is -2.45. The molecule has 1 spiro atoms. The van der Waals surface area contributed by atoms with Crippen molar-refractivity contribution in [3.05, 3.63) is 42.2 Å². The van der Waals surface area contributed by atoms with Crippen LogP contribution in [0.3, 0.4) is 0 Å². The number of amides is 1. The minimum Gasteiger partial charge on any atom is -0.340 e. The van der Waals surface area contributed by atoms with Crippen LogP contribution >= 0.6 is 0 Å². The molecule has 4 rings (SSSR count). The third kappa shape index (κ3) is 2.10. The first-order valence-electron chi connectivity index (χ1n) is 8.03. The van der Waals surface area contributed by atoms with Gasteiger partial charge in [0, 0.05) is 42.3 Å². The number of hydrogen-bond acceptors (Lipinski definition) is 3. The molecule has 1 saturated carbocycles. The Kier molecular flexibility index (Phi) is 3.15. The van der Waals surface area contributed by atoms with Gasteiger partial charge in [0.15, 0.2) is 0 Å². The lowest BCUT2D eigenvalue weighted by molar-refractivity contribution is -0.130. The van der Waals surface area contributed by atoms with E-state index in [2.05, 4.69) is 11.1 Å². The molecule has 22 heavy (non-hydrogen) atoms. The van der Waals surface area contributed by atoms with Crippen molar-refractivity contribution in [1.82, 2.24) is 9.88 Å². The molecule has 1 saturated heterocycles. The fraction of sp³-hybridized carbons (Fsp3) is 0.444. The Morgan fingerprint density at radius 3 is 2.86 bits per heavy atom. The second-order valence-corrected chi connectivity index (χ2v) is 6.79. The van der Waals surface area contributed by atoms with Crippen LogP contribution in [0.1, 0.15) is 24.8 Å². The first-order valence-corrected chi connectivity index (χ1v) is 8.03. The highest BCUT2D eigenvalue weighted by molar-refractivity contribution is 5.89. The summed E-state index contributed by atoms with van der Waals surface area (Å²) in [7, 11) is 0. The van der Waals surface area contributed by atoms with E-state index in [-0.39, 0.29) is 17.4 Å². The number of rotatable bonds is 2. The van der Waals surface area contributed by atoms with E-state index in [1.165, 1.54) is 19.3 Å². The van der Waals surface area contributed by atoms with Crippen molar-refractivity contribution >= 4 is 16.7 Å². The number of benzene rings is 1. The molecule has 114 valence electrons. The van der Waals surface area contributed by atoms with Crippen molar-refractivity contribution in [3.63, 3.8) is 0 Å². The Morgan fingerprint density at radius 1 is 1.32 bits per heavy atom. The number of nitrogens with zero attached hydrogens (tertiary/aromatic N) is 2. The van der Waals surface area contributed by atoms with Gasteiger partial charge in [-0.1, -0.05) is 30.7 Å². The highest BCUT2D eigenvalue weighted by Crippen LogP contribution is 2.47. The quantitative estimate of drug-likeness (QED) is 0.923. The number of fused-ring (bicyclic) bond motifs is 1. The minimum absolute atomic E-state index is 0.149. The van der Waals surface area contributed by atoms with Crippen molar-refractivity contribution in [2.24, 2.45) is 11.1 Å². The Balaban J connectivity index is 1.54. The summed E-state index contributed by atoms with van der Waals surface area (Å²) in [6.07, 6.45) is 7.68. The third-order valence-corrected chi connectivity index (χ3v) is 5.50. The molecule has 1 aliphatic carbocycles. The molecule has 0 radical (unpaired) electrons. The highest BCUT2D eigenvalue weighted by atomic mass is 16.2. The summed E-state index contributed by atoms with van der Waals surface area (Å²) in [5, 5.41) is 2.20. The summed E-state index contributed by atoms with van der Waals surface area (Å²) in [6, 6.07) is 8.24. The van der Waals surface area contributed by atoms with Gasteiger partial charge in [-0.05, 0) is 23.8 Å².